The first-order valence-electron chi connectivity index (χ1n) is 10.8. The van der Waals surface area contributed by atoms with Crippen LogP contribution in [0.4, 0.5) is 18.9 Å². The molecule has 1 aromatic carbocycles. The number of likely N-dealkylation sites (N-methyl/N-ethyl adjacent to an activating group) is 1. The largest absolute Gasteiger partial charge is 0.479 e. The number of carbonyl (C=O) groups is 3. The van der Waals surface area contributed by atoms with E-state index in [-0.39, 0.29) is 35.9 Å². The lowest BCUT2D eigenvalue weighted by Gasteiger charge is -2.18. The van der Waals surface area contributed by atoms with Crippen molar-refractivity contribution in [1.29, 1.82) is 0 Å². The van der Waals surface area contributed by atoms with Crippen LogP contribution < -0.4 is 14.4 Å². The topological polar surface area (TPSA) is 92.3 Å². The third-order valence-electron chi connectivity index (χ3n) is 5.64. The number of amides is 3. The molecule has 1 saturated heterocycles. The summed E-state index contributed by atoms with van der Waals surface area (Å²) in [7, 11) is 3.25. The average Bonchev–Trinajstić information content (AvgIpc) is 3.32. The molecule has 1 aromatic heterocycles. The molecule has 0 spiro atoms. The lowest BCUT2D eigenvalue weighted by atomic mass is 10.1. The molecule has 2 aromatic rings. The van der Waals surface area contributed by atoms with Crippen LogP contribution in [0.3, 0.4) is 0 Å². The van der Waals surface area contributed by atoms with E-state index in [0.717, 1.165) is 5.56 Å². The Kier molecular flexibility index (Phi) is 6.55. The number of hydrogen-bond donors (Lipinski definition) is 0. The number of hydrogen-bond acceptors (Lipinski definition) is 6. The van der Waals surface area contributed by atoms with Gasteiger partial charge < -0.3 is 24.2 Å². The number of aromatic nitrogens is 1. The van der Waals surface area contributed by atoms with Crippen LogP contribution in [0.15, 0.2) is 36.5 Å². The van der Waals surface area contributed by atoms with Gasteiger partial charge in [0, 0.05) is 50.9 Å². The summed E-state index contributed by atoms with van der Waals surface area (Å²) in [4.78, 5) is 45.9. The van der Waals surface area contributed by atoms with Gasteiger partial charge in [-0.25, -0.2) is 4.98 Å². The highest BCUT2D eigenvalue weighted by atomic mass is 19.4. The monoisotopic (exact) mass is 492 g/mol. The highest BCUT2D eigenvalue weighted by molar-refractivity contribution is 6.03. The molecule has 35 heavy (non-hydrogen) atoms. The molecule has 3 amide bonds. The molecule has 4 rings (SSSR count). The minimum Gasteiger partial charge on any atom is -0.479 e. The van der Waals surface area contributed by atoms with Crippen molar-refractivity contribution in [3.63, 3.8) is 0 Å². The van der Waals surface area contributed by atoms with Gasteiger partial charge in [0.05, 0.1) is 6.20 Å². The van der Waals surface area contributed by atoms with Crippen molar-refractivity contribution < 1.29 is 37.0 Å². The SMILES string of the molecule is CN(C)C(=O)CN1Cc2ccc(N3CCC(Oc4ccc(OCC(F)(F)F)nc4)C3=O)cc2C1=O. The number of pyridine rings is 1. The van der Waals surface area contributed by atoms with Gasteiger partial charge in [-0.15, -0.1) is 0 Å². The number of benzene rings is 1. The van der Waals surface area contributed by atoms with Crippen LogP contribution in [-0.4, -0.2) is 78.6 Å². The molecule has 9 nitrogen and oxygen atoms in total. The van der Waals surface area contributed by atoms with Crippen LogP contribution in [0.25, 0.3) is 0 Å². The molecule has 0 radical (unpaired) electrons. The van der Waals surface area contributed by atoms with Gasteiger partial charge in [0.2, 0.25) is 11.8 Å². The number of nitrogens with zero attached hydrogens (tertiary/aromatic N) is 4. The van der Waals surface area contributed by atoms with Gasteiger partial charge in [0.25, 0.3) is 11.8 Å². The van der Waals surface area contributed by atoms with E-state index in [2.05, 4.69) is 9.72 Å². The number of alkyl halides is 3. The third-order valence-corrected chi connectivity index (χ3v) is 5.64. The van der Waals surface area contributed by atoms with Crippen LogP contribution in [0.2, 0.25) is 0 Å². The molecule has 12 heteroatoms. The van der Waals surface area contributed by atoms with E-state index >= 15 is 0 Å². The van der Waals surface area contributed by atoms with E-state index in [1.807, 2.05) is 0 Å². The second-order valence-corrected chi connectivity index (χ2v) is 8.41. The first-order chi connectivity index (χ1) is 16.5. The zero-order chi connectivity index (χ0) is 25.3. The Balaban J connectivity index is 1.39. The Bertz CT molecular complexity index is 1140. The third kappa shape index (κ3) is 5.47. The molecular formula is C23H23F3N4O5. The molecular weight excluding hydrogens is 469 g/mol. The van der Waals surface area contributed by atoms with Gasteiger partial charge in [-0.1, -0.05) is 6.07 Å². The molecule has 0 saturated carbocycles. The van der Waals surface area contributed by atoms with Crippen molar-refractivity contribution in [2.75, 3.05) is 38.7 Å². The average molecular weight is 492 g/mol. The summed E-state index contributed by atoms with van der Waals surface area (Å²) in [5.41, 5.74) is 1.77. The Morgan fingerprint density at radius 3 is 2.63 bits per heavy atom. The minimum atomic E-state index is -4.47. The highest BCUT2D eigenvalue weighted by Crippen LogP contribution is 2.31. The fourth-order valence-corrected chi connectivity index (χ4v) is 3.81. The van der Waals surface area contributed by atoms with Crippen LogP contribution in [0.5, 0.6) is 11.6 Å². The van der Waals surface area contributed by atoms with Gasteiger partial charge in [-0.05, 0) is 23.8 Å². The maximum Gasteiger partial charge on any atom is 0.422 e. The first kappa shape index (κ1) is 24.3. The summed E-state index contributed by atoms with van der Waals surface area (Å²) in [5, 5.41) is 0. The number of anilines is 1. The fourth-order valence-electron chi connectivity index (χ4n) is 3.81. The van der Waals surface area contributed by atoms with Gasteiger partial charge in [0.15, 0.2) is 12.7 Å². The van der Waals surface area contributed by atoms with Gasteiger partial charge in [-0.2, -0.15) is 13.2 Å². The van der Waals surface area contributed by atoms with Gasteiger partial charge in [-0.3, -0.25) is 14.4 Å². The van der Waals surface area contributed by atoms with E-state index in [4.69, 9.17) is 4.74 Å². The van der Waals surface area contributed by atoms with Crippen molar-refractivity contribution in [2.24, 2.45) is 0 Å². The van der Waals surface area contributed by atoms with Crippen molar-refractivity contribution in [3.05, 3.63) is 47.7 Å². The number of ether oxygens (including phenoxy) is 2. The summed E-state index contributed by atoms with van der Waals surface area (Å²) >= 11 is 0. The number of halogens is 3. The highest BCUT2D eigenvalue weighted by Gasteiger charge is 2.36. The predicted molar refractivity (Wildman–Crippen MR) is 117 cm³/mol. The quantitative estimate of drug-likeness (QED) is 0.589. The Hall–Kier alpha value is -3.83. The van der Waals surface area contributed by atoms with E-state index in [1.165, 1.54) is 33.0 Å². The molecule has 1 fully saturated rings. The fraction of sp³-hybridized carbons (Fsp3) is 0.391. The molecule has 0 N–H and O–H groups in total. The van der Waals surface area contributed by atoms with E-state index in [0.29, 0.717) is 30.8 Å². The molecule has 2 aliphatic rings. The lowest BCUT2D eigenvalue weighted by molar-refractivity contribution is -0.154. The minimum absolute atomic E-state index is 0.0253. The Labute approximate surface area is 199 Å². The lowest BCUT2D eigenvalue weighted by Crippen LogP contribution is -2.36. The zero-order valence-electron chi connectivity index (χ0n) is 19.0. The van der Waals surface area contributed by atoms with E-state index < -0.39 is 18.9 Å². The second kappa shape index (κ2) is 9.43. The molecule has 3 heterocycles. The molecule has 0 aliphatic carbocycles. The summed E-state index contributed by atoms with van der Waals surface area (Å²) in [6.45, 7) is -0.797. The standard InChI is InChI=1S/C23H23F3N4O5/c1-28(2)20(31)12-29-11-14-3-4-15(9-17(14)21(29)32)30-8-7-18(22(30)33)35-16-5-6-19(27-10-16)34-13-23(24,25)26/h3-6,9-10,18H,7-8,11-13H2,1-2H3. The number of rotatable bonds is 7. The van der Waals surface area contributed by atoms with Crippen molar-refractivity contribution in [2.45, 2.75) is 25.2 Å². The number of carbonyl (C=O) groups excluding carboxylic acids is 3. The summed E-state index contributed by atoms with van der Waals surface area (Å²) in [6, 6.07) is 7.78. The van der Waals surface area contributed by atoms with Crippen LogP contribution >= 0.6 is 0 Å². The van der Waals surface area contributed by atoms with Crippen molar-refractivity contribution >= 4 is 23.4 Å². The molecule has 1 atom stereocenters. The second-order valence-electron chi connectivity index (χ2n) is 8.41. The summed E-state index contributed by atoms with van der Waals surface area (Å²) in [5.74, 6) is -0.758. The Morgan fingerprint density at radius 2 is 1.97 bits per heavy atom. The smallest absolute Gasteiger partial charge is 0.422 e. The normalized spacial score (nSPS) is 17.6. The molecule has 1 unspecified atom stereocenters. The maximum atomic E-state index is 12.9. The van der Waals surface area contributed by atoms with E-state index in [9.17, 15) is 27.6 Å². The molecule has 186 valence electrons. The van der Waals surface area contributed by atoms with Crippen LogP contribution in [0, 0.1) is 0 Å². The maximum absolute atomic E-state index is 12.9. The summed E-state index contributed by atoms with van der Waals surface area (Å²) in [6.07, 6.45) is -3.71. The van der Waals surface area contributed by atoms with Crippen molar-refractivity contribution in [1.82, 2.24) is 14.8 Å². The predicted octanol–water partition coefficient (Wildman–Crippen LogP) is 2.25. The van der Waals surface area contributed by atoms with E-state index in [1.54, 1.807) is 32.3 Å². The molecule has 0 bridgehead atoms. The zero-order valence-corrected chi connectivity index (χ0v) is 19.0. The first-order valence-corrected chi connectivity index (χ1v) is 10.8. The van der Waals surface area contributed by atoms with Gasteiger partial charge >= 0.3 is 6.18 Å². The van der Waals surface area contributed by atoms with Crippen molar-refractivity contribution in [3.8, 4) is 11.6 Å². The number of fused-ring (bicyclic) bond motifs is 1. The summed E-state index contributed by atoms with van der Waals surface area (Å²) < 4.78 is 47.0. The van der Waals surface area contributed by atoms with Crippen LogP contribution in [-0.2, 0) is 16.1 Å². The molecule has 2 aliphatic heterocycles. The Morgan fingerprint density at radius 1 is 1.20 bits per heavy atom. The van der Waals surface area contributed by atoms with Gasteiger partial charge in [0.1, 0.15) is 12.3 Å². The van der Waals surface area contributed by atoms with Crippen LogP contribution in [0.1, 0.15) is 22.3 Å².